The molecule has 0 unspecified atom stereocenters. The summed E-state index contributed by atoms with van der Waals surface area (Å²) in [6, 6.07) is 6.47. The first-order chi connectivity index (χ1) is 10.7. The summed E-state index contributed by atoms with van der Waals surface area (Å²) in [5.41, 5.74) is 0.687. The smallest absolute Gasteiger partial charge is 0.272 e. The lowest BCUT2D eigenvalue weighted by atomic mass is 10.0. The number of rotatable bonds is 9. The zero-order valence-corrected chi connectivity index (χ0v) is 14.2. The SMILES string of the molecule is CCC(C)(C)N[C@@H](C)C(=O)NCc1cccc(OCC(F)F)c1. The van der Waals surface area contributed by atoms with E-state index in [0.29, 0.717) is 12.3 Å². The van der Waals surface area contributed by atoms with Crippen molar-refractivity contribution in [2.24, 2.45) is 0 Å². The molecule has 0 aliphatic heterocycles. The second kappa shape index (κ2) is 8.82. The number of amides is 1. The molecule has 1 aromatic carbocycles. The predicted octanol–water partition coefficient (Wildman–Crippen LogP) is 3.11. The second-order valence-electron chi connectivity index (χ2n) is 6.17. The Bertz CT molecular complexity index is 507. The maximum atomic E-state index is 12.1. The van der Waals surface area contributed by atoms with Gasteiger partial charge in [-0.3, -0.25) is 4.79 Å². The molecule has 1 aromatic rings. The fourth-order valence-electron chi connectivity index (χ4n) is 2.00. The van der Waals surface area contributed by atoms with E-state index in [1.54, 1.807) is 18.2 Å². The van der Waals surface area contributed by atoms with Crippen LogP contribution >= 0.6 is 0 Å². The highest BCUT2D eigenvalue weighted by Crippen LogP contribution is 2.14. The summed E-state index contributed by atoms with van der Waals surface area (Å²) in [5.74, 6) is 0.265. The Morgan fingerprint density at radius 2 is 2.04 bits per heavy atom. The van der Waals surface area contributed by atoms with Crippen LogP contribution in [0, 0.1) is 0 Å². The van der Waals surface area contributed by atoms with Crippen molar-refractivity contribution in [3.8, 4) is 5.75 Å². The number of hydrogen-bond acceptors (Lipinski definition) is 3. The molecule has 0 saturated heterocycles. The van der Waals surface area contributed by atoms with E-state index in [1.165, 1.54) is 0 Å². The molecule has 1 atom stereocenters. The van der Waals surface area contributed by atoms with Gasteiger partial charge in [0.05, 0.1) is 6.04 Å². The van der Waals surface area contributed by atoms with Crippen LogP contribution in [0.2, 0.25) is 0 Å². The molecule has 6 heteroatoms. The highest BCUT2D eigenvalue weighted by atomic mass is 19.3. The standard InChI is InChI=1S/C17H26F2N2O2/c1-5-17(3,4)21-12(2)16(22)20-10-13-7-6-8-14(9-13)23-11-15(18)19/h6-9,12,15,21H,5,10-11H2,1-4H3,(H,20,22)/t12-/m0/s1. The van der Waals surface area contributed by atoms with Crippen molar-refractivity contribution >= 4 is 5.91 Å². The van der Waals surface area contributed by atoms with Crippen molar-refractivity contribution in [2.45, 2.75) is 58.7 Å². The Morgan fingerprint density at radius 1 is 1.35 bits per heavy atom. The lowest BCUT2D eigenvalue weighted by Gasteiger charge is -2.28. The lowest BCUT2D eigenvalue weighted by Crippen LogP contribution is -2.51. The highest BCUT2D eigenvalue weighted by Gasteiger charge is 2.21. The van der Waals surface area contributed by atoms with Gasteiger partial charge in [0.1, 0.15) is 12.4 Å². The Kier molecular flexibility index (Phi) is 7.42. The summed E-state index contributed by atoms with van der Waals surface area (Å²) >= 11 is 0. The van der Waals surface area contributed by atoms with E-state index in [9.17, 15) is 13.6 Å². The van der Waals surface area contributed by atoms with Crippen LogP contribution in [-0.2, 0) is 11.3 Å². The average molecular weight is 328 g/mol. The minimum absolute atomic E-state index is 0.106. The summed E-state index contributed by atoms with van der Waals surface area (Å²) in [5, 5.41) is 6.10. The van der Waals surface area contributed by atoms with E-state index < -0.39 is 13.0 Å². The van der Waals surface area contributed by atoms with Gasteiger partial charge < -0.3 is 15.4 Å². The first-order valence-electron chi connectivity index (χ1n) is 7.79. The van der Waals surface area contributed by atoms with E-state index in [4.69, 9.17) is 4.74 Å². The number of benzene rings is 1. The summed E-state index contributed by atoms with van der Waals surface area (Å²) in [4.78, 5) is 12.1. The van der Waals surface area contributed by atoms with E-state index in [1.807, 2.05) is 26.8 Å². The van der Waals surface area contributed by atoms with Gasteiger partial charge in [-0.1, -0.05) is 19.1 Å². The van der Waals surface area contributed by atoms with Gasteiger partial charge in [0.2, 0.25) is 5.91 Å². The van der Waals surface area contributed by atoms with E-state index in [0.717, 1.165) is 12.0 Å². The van der Waals surface area contributed by atoms with E-state index >= 15 is 0 Å². The van der Waals surface area contributed by atoms with Crippen LogP contribution < -0.4 is 15.4 Å². The minimum Gasteiger partial charge on any atom is -0.488 e. The maximum Gasteiger partial charge on any atom is 0.272 e. The van der Waals surface area contributed by atoms with Crippen molar-refractivity contribution in [1.29, 1.82) is 0 Å². The topological polar surface area (TPSA) is 50.4 Å². The molecule has 0 radical (unpaired) electrons. The van der Waals surface area contributed by atoms with Crippen LogP contribution in [0.15, 0.2) is 24.3 Å². The first-order valence-corrected chi connectivity index (χ1v) is 7.79. The monoisotopic (exact) mass is 328 g/mol. The van der Waals surface area contributed by atoms with Crippen LogP contribution in [0.4, 0.5) is 8.78 Å². The second-order valence-corrected chi connectivity index (χ2v) is 6.17. The van der Waals surface area contributed by atoms with Crippen molar-refractivity contribution in [3.05, 3.63) is 29.8 Å². The van der Waals surface area contributed by atoms with Crippen molar-refractivity contribution in [1.82, 2.24) is 10.6 Å². The molecule has 130 valence electrons. The Balaban J connectivity index is 2.51. The summed E-state index contributed by atoms with van der Waals surface area (Å²) in [7, 11) is 0. The fourth-order valence-corrected chi connectivity index (χ4v) is 2.00. The molecular formula is C17H26F2N2O2. The zero-order chi connectivity index (χ0) is 17.5. The molecule has 0 heterocycles. The molecule has 0 aliphatic rings. The molecule has 2 N–H and O–H groups in total. The third-order valence-electron chi connectivity index (χ3n) is 3.63. The summed E-state index contributed by atoms with van der Waals surface area (Å²) < 4.78 is 29.2. The molecule has 1 rings (SSSR count). The van der Waals surface area contributed by atoms with Gasteiger partial charge >= 0.3 is 0 Å². The number of alkyl halides is 2. The average Bonchev–Trinajstić information content (AvgIpc) is 2.50. The molecule has 1 amide bonds. The molecule has 0 aliphatic carbocycles. The van der Waals surface area contributed by atoms with Crippen molar-refractivity contribution < 1.29 is 18.3 Å². The lowest BCUT2D eigenvalue weighted by molar-refractivity contribution is -0.123. The number of nitrogens with one attached hydrogen (secondary N) is 2. The number of ether oxygens (including phenoxy) is 1. The third kappa shape index (κ3) is 7.41. The molecule has 0 spiro atoms. The Hall–Kier alpha value is -1.69. The number of carbonyl (C=O) groups is 1. The van der Waals surface area contributed by atoms with Gasteiger partial charge in [-0.05, 0) is 44.9 Å². The van der Waals surface area contributed by atoms with Gasteiger partial charge in [0.25, 0.3) is 6.43 Å². The normalized spacial score (nSPS) is 13.0. The number of hydrogen-bond donors (Lipinski definition) is 2. The molecular weight excluding hydrogens is 302 g/mol. The largest absolute Gasteiger partial charge is 0.488 e. The Labute approximate surface area is 136 Å². The van der Waals surface area contributed by atoms with Crippen molar-refractivity contribution in [2.75, 3.05) is 6.61 Å². The number of carbonyl (C=O) groups excluding carboxylic acids is 1. The van der Waals surface area contributed by atoms with Crippen molar-refractivity contribution in [3.63, 3.8) is 0 Å². The molecule has 0 saturated carbocycles. The molecule has 0 aromatic heterocycles. The summed E-state index contributed by atoms with van der Waals surface area (Å²) in [6.45, 7) is 7.64. The Morgan fingerprint density at radius 3 is 2.65 bits per heavy atom. The predicted molar refractivity (Wildman–Crippen MR) is 86.8 cm³/mol. The van der Waals surface area contributed by atoms with Crippen LogP contribution in [0.1, 0.15) is 39.7 Å². The highest BCUT2D eigenvalue weighted by molar-refractivity contribution is 5.81. The molecule has 4 nitrogen and oxygen atoms in total. The van der Waals surface area contributed by atoms with Gasteiger partial charge in [0, 0.05) is 12.1 Å². The van der Waals surface area contributed by atoms with Gasteiger partial charge in [-0.25, -0.2) is 8.78 Å². The maximum absolute atomic E-state index is 12.1. The van der Waals surface area contributed by atoms with Crippen LogP contribution in [0.5, 0.6) is 5.75 Å². The minimum atomic E-state index is -2.51. The fraction of sp³-hybridized carbons (Fsp3) is 0.588. The summed E-state index contributed by atoms with van der Waals surface area (Å²) in [6.07, 6.45) is -1.60. The molecule has 0 bridgehead atoms. The van der Waals surface area contributed by atoms with Crippen LogP contribution in [0.3, 0.4) is 0 Å². The van der Waals surface area contributed by atoms with E-state index in [-0.39, 0.29) is 17.5 Å². The number of halogens is 2. The zero-order valence-electron chi connectivity index (χ0n) is 14.2. The molecule has 0 fully saturated rings. The van der Waals surface area contributed by atoms with Gasteiger partial charge in [-0.15, -0.1) is 0 Å². The molecule has 23 heavy (non-hydrogen) atoms. The van der Waals surface area contributed by atoms with E-state index in [2.05, 4.69) is 17.6 Å². The quantitative estimate of drug-likeness (QED) is 0.732. The van der Waals surface area contributed by atoms with Gasteiger partial charge in [0.15, 0.2) is 0 Å². The third-order valence-corrected chi connectivity index (χ3v) is 3.63. The van der Waals surface area contributed by atoms with Crippen LogP contribution in [-0.4, -0.2) is 30.5 Å². The first kappa shape index (κ1) is 19.4. The van der Waals surface area contributed by atoms with Crippen LogP contribution in [0.25, 0.3) is 0 Å². The van der Waals surface area contributed by atoms with Gasteiger partial charge in [-0.2, -0.15) is 0 Å².